The van der Waals surface area contributed by atoms with Crippen LogP contribution < -0.4 is 10.2 Å². The molecular formula is C26H20N2O. The molecule has 1 N–H and O–H groups in total. The predicted octanol–water partition coefficient (Wildman–Crippen LogP) is 5.71. The Morgan fingerprint density at radius 1 is 0.759 bits per heavy atom. The molecule has 0 spiro atoms. The minimum absolute atomic E-state index is 0.0267. The molecule has 0 fully saturated rings. The second kappa shape index (κ2) is 6.21. The second-order valence-electron chi connectivity index (χ2n) is 7.76. The molecule has 0 radical (unpaired) electrons. The molecule has 1 aliphatic heterocycles. The van der Waals surface area contributed by atoms with Gasteiger partial charge in [0.05, 0.1) is 5.56 Å². The molecule has 0 saturated carbocycles. The molecule has 0 saturated heterocycles. The normalized spacial score (nSPS) is 17.3. The lowest BCUT2D eigenvalue weighted by Crippen LogP contribution is -2.43. The van der Waals surface area contributed by atoms with Crippen LogP contribution in [0, 0.1) is 0 Å². The van der Waals surface area contributed by atoms with Crippen molar-refractivity contribution >= 4 is 28.1 Å². The fraction of sp³-hybridized carbons (Fsp3) is 0.115. The number of nitrogens with one attached hydrogen (secondary N) is 1. The number of amides is 1. The van der Waals surface area contributed by atoms with Crippen molar-refractivity contribution in [1.29, 1.82) is 0 Å². The molecule has 3 nitrogen and oxygen atoms in total. The summed E-state index contributed by atoms with van der Waals surface area (Å²) in [5.41, 5.74) is 6.45. The number of fused-ring (bicyclic) bond motifs is 1. The Hall–Kier alpha value is -3.59. The molecule has 3 heteroatoms. The summed E-state index contributed by atoms with van der Waals surface area (Å²) in [6.07, 6.45) is 1.93. The highest BCUT2D eigenvalue weighted by Gasteiger charge is 2.35. The quantitative estimate of drug-likeness (QED) is 0.486. The number of hydrogen-bond donors (Lipinski definition) is 1. The van der Waals surface area contributed by atoms with Gasteiger partial charge >= 0.3 is 0 Å². The van der Waals surface area contributed by atoms with Gasteiger partial charge in [-0.15, -0.1) is 0 Å². The lowest BCUT2D eigenvalue weighted by atomic mass is 9.95. The molecule has 6 rings (SSSR count). The monoisotopic (exact) mass is 376 g/mol. The van der Waals surface area contributed by atoms with Crippen molar-refractivity contribution in [3.63, 3.8) is 0 Å². The summed E-state index contributed by atoms with van der Waals surface area (Å²) in [6, 6.07) is 28.7. The third-order valence-electron chi connectivity index (χ3n) is 6.17. The van der Waals surface area contributed by atoms with Gasteiger partial charge in [-0.25, -0.2) is 0 Å². The molecule has 140 valence electrons. The Morgan fingerprint density at radius 3 is 2.38 bits per heavy atom. The average Bonchev–Trinajstić information content (AvgIpc) is 3.20. The van der Waals surface area contributed by atoms with Gasteiger partial charge in [0.1, 0.15) is 6.17 Å². The minimum Gasteiger partial charge on any atom is -0.360 e. The number of aryl methyl sites for hydroxylation is 2. The van der Waals surface area contributed by atoms with E-state index < -0.39 is 0 Å². The van der Waals surface area contributed by atoms with Crippen LogP contribution in [0.5, 0.6) is 0 Å². The van der Waals surface area contributed by atoms with Gasteiger partial charge in [0, 0.05) is 16.9 Å². The largest absolute Gasteiger partial charge is 0.360 e. The van der Waals surface area contributed by atoms with E-state index in [0.717, 1.165) is 29.8 Å². The molecule has 1 amide bonds. The molecule has 4 aromatic carbocycles. The maximum Gasteiger partial charge on any atom is 0.262 e. The van der Waals surface area contributed by atoms with E-state index in [-0.39, 0.29) is 12.1 Å². The fourth-order valence-electron chi connectivity index (χ4n) is 4.83. The number of rotatable bonds is 2. The topological polar surface area (TPSA) is 32.3 Å². The maximum absolute atomic E-state index is 13.6. The van der Waals surface area contributed by atoms with Crippen molar-refractivity contribution in [3.8, 4) is 0 Å². The predicted molar refractivity (Wildman–Crippen MR) is 117 cm³/mol. The van der Waals surface area contributed by atoms with Crippen LogP contribution >= 0.6 is 0 Å². The molecule has 1 atom stereocenters. The number of benzene rings is 4. The van der Waals surface area contributed by atoms with Crippen molar-refractivity contribution in [1.82, 2.24) is 0 Å². The Kier molecular flexibility index (Phi) is 3.51. The summed E-state index contributed by atoms with van der Waals surface area (Å²) < 4.78 is 0. The van der Waals surface area contributed by atoms with Crippen LogP contribution in [0.2, 0.25) is 0 Å². The van der Waals surface area contributed by atoms with Crippen molar-refractivity contribution in [2.75, 3.05) is 10.2 Å². The first kappa shape index (κ1) is 16.4. The first-order chi connectivity index (χ1) is 14.3. The molecule has 0 aromatic heterocycles. The van der Waals surface area contributed by atoms with E-state index in [4.69, 9.17) is 0 Å². The Balaban J connectivity index is 1.60. The van der Waals surface area contributed by atoms with Crippen LogP contribution in [0.3, 0.4) is 0 Å². The van der Waals surface area contributed by atoms with Gasteiger partial charge in [0.25, 0.3) is 5.91 Å². The van der Waals surface area contributed by atoms with E-state index in [9.17, 15) is 4.79 Å². The zero-order valence-electron chi connectivity index (χ0n) is 15.9. The van der Waals surface area contributed by atoms with Crippen molar-refractivity contribution < 1.29 is 4.79 Å². The van der Waals surface area contributed by atoms with Gasteiger partial charge in [-0.2, -0.15) is 0 Å². The number of hydrogen-bond acceptors (Lipinski definition) is 2. The average molecular weight is 376 g/mol. The SMILES string of the molecule is O=C1c2ccccc2N[C@@H](c2ccc3c4c(cccc24)CC3)N1c1ccccc1. The molecule has 0 bridgehead atoms. The standard InChI is InChI=1S/C26H20N2O/c29-26-22-10-4-5-12-23(22)27-25(28(26)19-8-2-1-3-9-19)21-16-15-18-14-13-17-7-6-11-20(21)24(17)18/h1-12,15-16,25,27H,13-14H2/t25-/m1/s1. The zero-order valence-corrected chi connectivity index (χ0v) is 15.9. The van der Waals surface area contributed by atoms with Gasteiger partial charge in [-0.05, 0) is 59.0 Å². The molecule has 0 unspecified atom stereocenters. The summed E-state index contributed by atoms with van der Waals surface area (Å²) in [5.74, 6) is 0.0267. The summed E-state index contributed by atoms with van der Waals surface area (Å²) in [6.45, 7) is 0. The number of anilines is 2. The highest BCUT2D eigenvalue weighted by Crippen LogP contribution is 2.41. The zero-order chi connectivity index (χ0) is 19.4. The van der Waals surface area contributed by atoms with Gasteiger partial charge in [-0.3, -0.25) is 9.69 Å². The van der Waals surface area contributed by atoms with E-state index >= 15 is 0 Å². The number of para-hydroxylation sites is 2. The molecule has 4 aromatic rings. The van der Waals surface area contributed by atoms with E-state index in [1.165, 1.54) is 21.9 Å². The first-order valence-corrected chi connectivity index (χ1v) is 10.1. The van der Waals surface area contributed by atoms with Crippen LogP contribution in [-0.2, 0) is 12.8 Å². The Morgan fingerprint density at radius 2 is 1.52 bits per heavy atom. The van der Waals surface area contributed by atoms with E-state index in [2.05, 4.69) is 35.6 Å². The number of nitrogens with zero attached hydrogens (tertiary/aromatic N) is 1. The summed E-state index contributed by atoms with van der Waals surface area (Å²) >= 11 is 0. The molecule has 2 aliphatic rings. The van der Waals surface area contributed by atoms with Crippen LogP contribution in [0.1, 0.15) is 33.2 Å². The van der Waals surface area contributed by atoms with Crippen LogP contribution in [-0.4, -0.2) is 5.91 Å². The summed E-state index contributed by atoms with van der Waals surface area (Å²) in [5, 5.41) is 6.25. The van der Waals surface area contributed by atoms with Crippen LogP contribution in [0.4, 0.5) is 11.4 Å². The first-order valence-electron chi connectivity index (χ1n) is 10.1. The smallest absolute Gasteiger partial charge is 0.262 e. The van der Waals surface area contributed by atoms with E-state index in [1.807, 2.05) is 59.5 Å². The highest BCUT2D eigenvalue weighted by atomic mass is 16.2. The Labute approximate surface area is 169 Å². The lowest BCUT2D eigenvalue weighted by Gasteiger charge is -2.38. The van der Waals surface area contributed by atoms with Gasteiger partial charge in [0.2, 0.25) is 0 Å². The molecule has 1 heterocycles. The third-order valence-corrected chi connectivity index (χ3v) is 6.17. The highest BCUT2D eigenvalue weighted by molar-refractivity contribution is 6.12. The summed E-state index contributed by atoms with van der Waals surface area (Å²) in [4.78, 5) is 15.5. The molecule has 1 aliphatic carbocycles. The van der Waals surface area contributed by atoms with Gasteiger partial charge in [0.15, 0.2) is 0 Å². The van der Waals surface area contributed by atoms with Crippen molar-refractivity contribution in [2.24, 2.45) is 0 Å². The van der Waals surface area contributed by atoms with E-state index in [0.29, 0.717) is 5.56 Å². The molecule has 29 heavy (non-hydrogen) atoms. The molecular weight excluding hydrogens is 356 g/mol. The van der Waals surface area contributed by atoms with Gasteiger partial charge in [-0.1, -0.05) is 60.7 Å². The van der Waals surface area contributed by atoms with Crippen LogP contribution in [0.15, 0.2) is 84.9 Å². The maximum atomic E-state index is 13.6. The van der Waals surface area contributed by atoms with E-state index in [1.54, 1.807) is 0 Å². The van der Waals surface area contributed by atoms with Crippen LogP contribution in [0.25, 0.3) is 10.8 Å². The second-order valence-corrected chi connectivity index (χ2v) is 7.76. The minimum atomic E-state index is -0.260. The Bertz CT molecular complexity index is 1250. The summed E-state index contributed by atoms with van der Waals surface area (Å²) in [7, 11) is 0. The van der Waals surface area contributed by atoms with Crippen molar-refractivity contribution in [2.45, 2.75) is 19.0 Å². The third kappa shape index (κ3) is 2.40. The number of carbonyl (C=O) groups is 1. The van der Waals surface area contributed by atoms with Crippen molar-refractivity contribution in [3.05, 3.63) is 107 Å². The fourth-order valence-corrected chi connectivity index (χ4v) is 4.83. The number of carbonyl (C=O) groups excluding carboxylic acids is 1. The van der Waals surface area contributed by atoms with Gasteiger partial charge < -0.3 is 5.32 Å². The lowest BCUT2D eigenvalue weighted by molar-refractivity contribution is 0.0975.